The summed E-state index contributed by atoms with van der Waals surface area (Å²) in [5.41, 5.74) is 0.811. The van der Waals surface area contributed by atoms with Crippen molar-refractivity contribution in [2.24, 2.45) is 5.92 Å². The van der Waals surface area contributed by atoms with Crippen molar-refractivity contribution >= 4 is 23.2 Å². The molecule has 0 saturated heterocycles. The fourth-order valence-corrected chi connectivity index (χ4v) is 2.74. The van der Waals surface area contributed by atoms with Gasteiger partial charge in [0.25, 0.3) is 0 Å². The summed E-state index contributed by atoms with van der Waals surface area (Å²) in [7, 11) is 0. The first-order valence-electron chi connectivity index (χ1n) is 7.18. The molecule has 1 unspecified atom stereocenters. The van der Waals surface area contributed by atoms with Crippen LogP contribution >= 0.6 is 23.2 Å². The second-order valence-electron chi connectivity index (χ2n) is 5.35. The van der Waals surface area contributed by atoms with Gasteiger partial charge in [0.1, 0.15) is 0 Å². The molecule has 0 bridgehead atoms. The van der Waals surface area contributed by atoms with Gasteiger partial charge < -0.3 is 9.84 Å². The average molecular weight is 326 g/mol. The minimum Gasteiger partial charge on any atom is -0.339 e. The molecule has 4 nitrogen and oxygen atoms in total. The van der Waals surface area contributed by atoms with E-state index in [0.29, 0.717) is 27.8 Å². The van der Waals surface area contributed by atoms with Gasteiger partial charge in [-0.1, -0.05) is 35.3 Å². The lowest BCUT2D eigenvalue weighted by Crippen LogP contribution is -2.33. The molecule has 1 aromatic carbocycles. The highest BCUT2D eigenvalue weighted by Gasteiger charge is 2.31. The van der Waals surface area contributed by atoms with Gasteiger partial charge in [0.2, 0.25) is 11.7 Å². The van der Waals surface area contributed by atoms with Crippen LogP contribution in [0.25, 0.3) is 11.4 Å². The van der Waals surface area contributed by atoms with Crippen LogP contribution in [0, 0.1) is 5.92 Å². The van der Waals surface area contributed by atoms with E-state index >= 15 is 0 Å². The van der Waals surface area contributed by atoms with Crippen LogP contribution in [0.4, 0.5) is 0 Å². The van der Waals surface area contributed by atoms with Crippen molar-refractivity contribution < 1.29 is 4.52 Å². The van der Waals surface area contributed by atoms with Crippen LogP contribution in [0.2, 0.25) is 10.0 Å². The van der Waals surface area contributed by atoms with Crippen LogP contribution in [-0.4, -0.2) is 22.7 Å². The van der Waals surface area contributed by atoms with Crippen molar-refractivity contribution in [2.45, 2.75) is 32.2 Å². The lowest BCUT2D eigenvalue weighted by Gasteiger charge is -2.14. The standard InChI is InChI=1S/C15H17Cl2N3O/c1-2-18-13(9-3-4-9)8-14-19-15(20-21-14)10-5-6-11(16)12(17)7-10/h5-7,9,13,18H,2-4,8H2,1H3. The maximum absolute atomic E-state index is 6.02. The van der Waals surface area contributed by atoms with Crippen molar-refractivity contribution in [3.05, 3.63) is 34.1 Å². The van der Waals surface area contributed by atoms with Gasteiger partial charge in [-0.15, -0.1) is 0 Å². The van der Waals surface area contributed by atoms with Crippen LogP contribution in [0.3, 0.4) is 0 Å². The first kappa shape index (κ1) is 14.8. The van der Waals surface area contributed by atoms with Crippen LogP contribution in [0.1, 0.15) is 25.7 Å². The van der Waals surface area contributed by atoms with E-state index in [1.54, 1.807) is 12.1 Å². The molecule has 1 aromatic heterocycles. The van der Waals surface area contributed by atoms with E-state index in [0.717, 1.165) is 24.4 Å². The predicted molar refractivity (Wildman–Crippen MR) is 83.6 cm³/mol. The zero-order valence-corrected chi connectivity index (χ0v) is 13.3. The fourth-order valence-electron chi connectivity index (χ4n) is 2.44. The smallest absolute Gasteiger partial charge is 0.228 e. The highest BCUT2D eigenvalue weighted by Crippen LogP contribution is 2.34. The van der Waals surface area contributed by atoms with E-state index in [-0.39, 0.29) is 0 Å². The second kappa shape index (κ2) is 6.34. The number of nitrogens with zero attached hydrogens (tertiary/aromatic N) is 2. The highest BCUT2D eigenvalue weighted by molar-refractivity contribution is 6.42. The SMILES string of the molecule is CCNC(Cc1nc(-c2ccc(Cl)c(Cl)c2)no1)C1CC1. The molecule has 21 heavy (non-hydrogen) atoms. The quantitative estimate of drug-likeness (QED) is 0.872. The molecule has 112 valence electrons. The summed E-state index contributed by atoms with van der Waals surface area (Å²) in [5, 5.41) is 8.54. The number of benzene rings is 1. The van der Waals surface area contributed by atoms with Crippen LogP contribution in [0.5, 0.6) is 0 Å². The second-order valence-corrected chi connectivity index (χ2v) is 6.16. The van der Waals surface area contributed by atoms with Crippen molar-refractivity contribution in [1.29, 1.82) is 0 Å². The zero-order valence-electron chi connectivity index (χ0n) is 11.8. The molecule has 1 saturated carbocycles. The summed E-state index contributed by atoms with van der Waals surface area (Å²) in [6, 6.07) is 5.75. The maximum atomic E-state index is 6.02. The summed E-state index contributed by atoms with van der Waals surface area (Å²) in [4.78, 5) is 4.46. The third kappa shape index (κ3) is 3.57. The lowest BCUT2D eigenvalue weighted by atomic mass is 10.1. The predicted octanol–water partition coefficient (Wildman–Crippen LogP) is 3.97. The van der Waals surface area contributed by atoms with Crippen molar-refractivity contribution in [3.63, 3.8) is 0 Å². The van der Waals surface area contributed by atoms with Crippen molar-refractivity contribution in [2.75, 3.05) is 6.54 Å². The van der Waals surface area contributed by atoms with Crippen LogP contribution < -0.4 is 5.32 Å². The average Bonchev–Trinajstić information content (AvgIpc) is 3.21. The molecule has 1 atom stereocenters. The van der Waals surface area contributed by atoms with E-state index in [2.05, 4.69) is 22.4 Å². The van der Waals surface area contributed by atoms with Crippen LogP contribution in [-0.2, 0) is 6.42 Å². The Balaban J connectivity index is 1.74. The van der Waals surface area contributed by atoms with Crippen molar-refractivity contribution in [1.82, 2.24) is 15.5 Å². The summed E-state index contributed by atoms with van der Waals surface area (Å²) in [6.07, 6.45) is 3.34. The van der Waals surface area contributed by atoms with Gasteiger partial charge >= 0.3 is 0 Å². The van der Waals surface area contributed by atoms with Gasteiger partial charge in [0.15, 0.2) is 0 Å². The largest absolute Gasteiger partial charge is 0.339 e. The molecule has 0 spiro atoms. The molecule has 0 aliphatic heterocycles. The summed E-state index contributed by atoms with van der Waals surface area (Å²) in [6.45, 7) is 3.07. The molecule has 3 rings (SSSR count). The van der Waals surface area contributed by atoms with Crippen molar-refractivity contribution in [3.8, 4) is 11.4 Å². The number of hydrogen-bond acceptors (Lipinski definition) is 4. The van der Waals surface area contributed by atoms with E-state index in [9.17, 15) is 0 Å². The molecule has 6 heteroatoms. The molecule has 0 radical (unpaired) electrons. The Bertz CT molecular complexity index is 625. The summed E-state index contributed by atoms with van der Waals surface area (Å²) < 4.78 is 5.37. The van der Waals surface area contributed by atoms with Gasteiger partial charge in [-0.05, 0) is 43.5 Å². The van der Waals surface area contributed by atoms with E-state index < -0.39 is 0 Å². The Kier molecular flexibility index (Phi) is 4.48. The number of likely N-dealkylation sites (N-methyl/N-ethyl adjacent to an activating group) is 1. The van der Waals surface area contributed by atoms with Gasteiger partial charge in [0.05, 0.1) is 10.0 Å². The monoisotopic (exact) mass is 325 g/mol. The highest BCUT2D eigenvalue weighted by atomic mass is 35.5. The van der Waals surface area contributed by atoms with Gasteiger partial charge in [0, 0.05) is 18.0 Å². The Morgan fingerprint density at radius 1 is 1.33 bits per heavy atom. The molecule has 0 amide bonds. The molecule has 1 fully saturated rings. The topological polar surface area (TPSA) is 51.0 Å². The lowest BCUT2D eigenvalue weighted by molar-refractivity contribution is 0.348. The Labute approximate surface area is 133 Å². The molecule has 2 aromatic rings. The first-order chi connectivity index (χ1) is 10.2. The summed E-state index contributed by atoms with van der Waals surface area (Å²) in [5.74, 6) is 1.95. The Morgan fingerprint density at radius 2 is 2.14 bits per heavy atom. The molecule has 1 aliphatic carbocycles. The Morgan fingerprint density at radius 3 is 2.81 bits per heavy atom. The minimum absolute atomic E-state index is 0.428. The third-order valence-corrected chi connectivity index (χ3v) is 4.44. The molecule has 1 heterocycles. The molecular weight excluding hydrogens is 309 g/mol. The number of nitrogens with one attached hydrogen (secondary N) is 1. The first-order valence-corrected chi connectivity index (χ1v) is 7.94. The molecule has 1 N–H and O–H groups in total. The number of aromatic nitrogens is 2. The van der Waals surface area contributed by atoms with Gasteiger partial charge in [-0.2, -0.15) is 4.98 Å². The number of rotatable bonds is 6. The zero-order chi connectivity index (χ0) is 14.8. The van der Waals surface area contributed by atoms with E-state index in [4.69, 9.17) is 27.7 Å². The fraction of sp³-hybridized carbons (Fsp3) is 0.467. The van der Waals surface area contributed by atoms with Gasteiger partial charge in [-0.25, -0.2) is 0 Å². The Hall–Kier alpha value is -1.10. The van der Waals surface area contributed by atoms with Gasteiger partial charge in [-0.3, -0.25) is 0 Å². The molecular formula is C15H17Cl2N3O. The third-order valence-electron chi connectivity index (χ3n) is 3.70. The summed E-state index contributed by atoms with van der Waals surface area (Å²) >= 11 is 11.9. The normalized spacial score (nSPS) is 16.1. The minimum atomic E-state index is 0.428. The number of halogens is 2. The molecule has 1 aliphatic rings. The van der Waals surface area contributed by atoms with Crippen LogP contribution in [0.15, 0.2) is 22.7 Å². The number of hydrogen-bond donors (Lipinski definition) is 1. The maximum Gasteiger partial charge on any atom is 0.228 e. The van der Waals surface area contributed by atoms with E-state index in [1.165, 1.54) is 12.8 Å². The van der Waals surface area contributed by atoms with E-state index in [1.807, 2.05) is 6.07 Å².